The van der Waals surface area contributed by atoms with Crippen molar-refractivity contribution >= 4 is 0 Å². The molecular weight excluding hydrogens is 263 g/mol. The average molecular weight is 277 g/mol. The lowest BCUT2D eigenvalue weighted by Gasteiger charge is -2.34. The highest BCUT2D eigenvalue weighted by Crippen LogP contribution is 2.40. The van der Waals surface area contributed by atoms with E-state index in [0.717, 1.165) is 11.1 Å². The van der Waals surface area contributed by atoms with E-state index in [4.69, 9.17) is 0 Å². The monoisotopic (exact) mass is 277 g/mol. The van der Waals surface area contributed by atoms with Gasteiger partial charge in [-0.3, -0.25) is 5.32 Å². The molecule has 2 aromatic carbocycles. The van der Waals surface area contributed by atoms with Gasteiger partial charge in [-0.05, 0) is 23.1 Å². The van der Waals surface area contributed by atoms with Crippen molar-refractivity contribution in [3.63, 3.8) is 0 Å². The van der Waals surface area contributed by atoms with Crippen LogP contribution in [-0.4, -0.2) is 6.18 Å². The fourth-order valence-corrected chi connectivity index (χ4v) is 2.74. The largest absolute Gasteiger partial charge is 0.407 e. The van der Waals surface area contributed by atoms with Crippen LogP contribution in [0.4, 0.5) is 13.2 Å². The molecule has 4 heteroatoms. The highest BCUT2D eigenvalue weighted by molar-refractivity contribution is 5.36. The van der Waals surface area contributed by atoms with Gasteiger partial charge in [-0.15, -0.1) is 0 Å². The van der Waals surface area contributed by atoms with Gasteiger partial charge in [0.1, 0.15) is 6.04 Å². The normalized spacial score (nSPS) is 22.4. The van der Waals surface area contributed by atoms with Crippen molar-refractivity contribution in [2.24, 2.45) is 0 Å². The fourth-order valence-electron chi connectivity index (χ4n) is 2.74. The van der Waals surface area contributed by atoms with Crippen molar-refractivity contribution in [1.29, 1.82) is 0 Å². The van der Waals surface area contributed by atoms with Crippen molar-refractivity contribution in [2.75, 3.05) is 0 Å². The van der Waals surface area contributed by atoms with Gasteiger partial charge in [0.2, 0.25) is 0 Å². The number of benzene rings is 2. The van der Waals surface area contributed by atoms with Crippen LogP contribution in [0.1, 0.15) is 28.8 Å². The second-order valence-corrected chi connectivity index (χ2v) is 5.01. The molecule has 3 rings (SSSR count). The summed E-state index contributed by atoms with van der Waals surface area (Å²) in [7, 11) is 0. The van der Waals surface area contributed by atoms with Crippen molar-refractivity contribution in [1.82, 2.24) is 5.32 Å². The van der Waals surface area contributed by atoms with Crippen molar-refractivity contribution in [3.05, 3.63) is 71.3 Å². The van der Waals surface area contributed by atoms with Gasteiger partial charge < -0.3 is 0 Å². The molecule has 1 aliphatic heterocycles. The predicted octanol–water partition coefficient (Wildman–Crippen LogP) is 4.18. The lowest BCUT2D eigenvalue weighted by molar-refractivity contribution is -0.161. The maximum Gasteiger partial charge on any atom is 0.407 e. The first kappa shape index (κ1) is 13.2. The Labute approximate surface area is 115 Å². The van der Waals surface area contributed by atoms with Gasteiger partial charge in [-0.25, -0.2) is 0 Å². The van der Waals surface area contributed by atoms with Gasteiger partial charge in [0.15, 0.2) is 0 Å². The summed E-state index contributed by atoms with van der Waals surface area (Å²) in [5, 5.41) is 2.74. The molecule has 0 fully saturated rings. The van der Waals surface area contributed by atoms with E-state index >= 15 is 0 Å². The van der Waals surface area contributed by atoms with Crippen molar-refractivity contribution < 1.29 is 13.2 Å². The summed E-state index contributed by atoms with van der Waals surface area (Å²) in [6, 6.07) is 14.2. The predicted molar refractivity (Wildman–Crippen MR) is 71.3 cm³/mol. The summed E-state index contributed by atoms with van der Waals surface area (Å²) in [4.78, 5) is 0. The lowest BCUT2D eigenvalue weighted by atomic mass is 9.87. The minimum atomic E-state index is -4.29. The van der Waals surface area contributed by atoms with Crippen LogP contribution in [0.15, 0.2) is 54.6 Å². The van der Waals surface area contributed by atoms with Crippen LogP contribution in [0.2, 0.25) is 0 Å². The maximum absolute atomic E-state index is 13.2. The Kier molecular flexibility index (Phi) is 3.26. The zero-order valence-corrected chi connectivity index (χ0v) is 10.7. The van der Waals surface area contributed by atoms with Gasteiger partial charge >= 0.3 is 6.18 Å². The highest BCUT2D eigenvalue weighted by Gasteiger charge is 2.45. The first-order chi connectivity index (χ1) is 9.55. The molecule has 1 heterocycles. The summed E-state index contributed by atoms with van der Waals surface area (Å²) in [6.07, 6.45) is -3.71. The molecule has 1 N–H and O–H groups in total. The van der Waals surface area contributed by atoms with E-state index in [1.165, 1.54) is 0 Å². The average Bonchev–Trinajstić information content (AvgIpc) is 2.46. The molecule has 20 heavy (non-hydrogen) atoms. The van der Waals surface area contributed by atoms with E-state index in [1.54, 1.807) is 24.3 Å². The molecule has 1 nitrogen and oxygen atoms in total. The zero-order valence-electron chi connectivity index (χ0n) is 10.7. The standard InChI is InChI=1S/C16H14F3N/c17-16(18,19)15-13-9-5-4-8-12(13)10-14(20-15)11-6-2-1-3-7-11/h1-9,14-15,20H,10H2/t14-,15+/m1/s1. The second kappa shape index (κ2) is 4.94. The number of hydrogen-bond donors (Lipinski definition) is 1. The number of alkyl halides is 3. The van der Waals surface area contributed by atoms with E-state index in [-0.39, 0.29) is 6.04 Å². The molecule has 0 aromatic heterocycles. The SMILES string of the molecule is FC(F)(F)[C@H]1N[C@@H](c2ccccc2)Cc2ccccc21. The molecular formula is C16H14F3N. The lowest BCUT2D eigenvalue weighted by Crippen LogP contribution is -2.41. The molecule has 2 atom stereocenters. The van der Waals surface area contributed by atoms with Gasteiger partial charge in [0.05, 0.1) is 0 Å². The number of hydrogen-bond acceptors (Lipinski definition) is 1. The number of halogens is 3. The number of rotatable bonds is 1. The molecule has 0 bridgehead atoms. The van der Waals surface area contributed by atoms with Crippen LogP contribution in [0.5, 0.6) is 0 Å². The van der Waals surface area contributed by atoms with Crippen molar-refractivity contribution in [2.45, 2.75) is 24.7 Å². The third kappa shape index (κ3) is 2.43. The van der Waals surface area contributed by atoms with Gasteiger partial charge in [0.25, 0.3) is 0 Å². The van der Waals surface area contributed by atoms with E-state index in [1.807, 2.05) is 30.3 Å². The third-order valence-electron chi connectivity index (χ3n) is 3.69. The topological polar surface area (TPSA) is 12.0 Å². The van der Waals surface area contributed by atoms with Crippen LogP contribution in [0.3, 0.4) is 0 Å². The molecule has 104 valence electrons. The maximum atomic E-state index is 13.2. The Morgan fingerprint density at radius 2 is 1.55 bits per heavy atom. The van der Waals surface area contributed by atoms with E-state index in [2.05, 4.69) is 5.32 Å². The molecule has 2 aromatic rings. The summed E-state index contributed by atoms with van der Waals surface area (Å²) in [5.41, 5.74) is 1.99. The Bertz CT molecular complexity index is 592. The minimum Gasteiger partial charge on any atom is -0.295 e. The smallest absolute Gasteiger partial charge is 0.295 e. The minimum absolute atomic E-state index is 0.308. The number of nitrogens with one attached hydrogen (secondary N) is 1. The molecule has 0 spiro atoms. The zero-order chi connectivity index (χ0) is 14.2. The van der Waals surface area contributed by atoms with Gasteiger partial charge in [0, 0.05) is 6.04 Å². The first-order valence-corrected chi connectivity index (χ1v) is 6.51. The van der Waals surface area contributed by atoms with Crippen LogP contribution < -0.4 is 5.32 Å². The molecule has 0 saturated heterocycles. The second-order valence-electron chi connectivity index (χ2n) is 5.01. The Morgan fingerprint density at radius 1 is 0.900 bits per heavy atom. The third-order valence-corrected chi connectivity index (χ3v) is 3.69. The van der Waals surface area contributed by atoms with Crippen molar-refractivity contribution in [3.8, 4) is 0 Å². The van der Waals surface area contributed by atoms with E-state index in [0.29, 0.717) is 12.0 Å². The van der Waals surface area contributed by atoms with E-state index < -0.39 is 12.2 Å². The van der Waals surface area contributed by atoms with Gasteiger partial charge in [-0.1, -0.05) is 54.6 Å². The van der Waals surface area contributed by atoms with Crippen LogP contribution in [0.25, 0.3) is 0 Å². The fraction of sp³-hybridized carbons (Fsp3) is 0.250. The summed E-state index contributed by atoms with van der Waals surface area (Å²) >= 11 is 0. The summed E-state index contributed by atoms with van der Waals surface area (Å²) in [6.45, 7) is 0. The molecule has 0 unspecified atom stereocenters. The highest BCUT2D eigenvalue weighted by atomic mass is 19.4. The van der Waals surface area contributed by atoms with Gasteiger partial charge in [-0.2, -0.15) is 13.2 Å². The summed E-state index contributed by atoms with van der Waals surface area (Å²) < 4.78 is 39.7. The molecule has 0 aliphatic carbocycles. The Balaban J connectivity index is 2.01. The summed E-state index contributed by atoms with van der Waals surface area (Å²) in [5.74, 6) is 0. The Morgan fingerprint density at radius 3 is 2.25 bits per heavy atom. The Hall–Kier alpha value is -1.81. The molecule has 0 radical (unpaired) electrons. The molecule has 1 aliphatic rings. The van der Waals surface area contributed by atoms with Crippen LogP contribution in [0, 0.1) is 0 Å². The van der Waals surface area contributed by atoms with Crippen LogP contribution >= 0.6 is 0 Å². The molecule has 0 amide bonds. The number of fused-ring (bicyclic) bond motifs is 1. The quantitative estimate of drug-likeness (QED) is 0.824. The first-order valence-electron chi connectivity index (χ1n) is 6.51. The van der Waals surface area contributed by atoms with E-state index in [9.17, 15) is 13.2 Å². The molecule has 0 saturated carbocycles. The van der Waals surface area contributed by atoms with Crippen LogP contribution in [-0.2, 0) is 6.42 Å².